The molecule has 0 bridgehead atoms. The number of carbonyl (C=O) groups is 3. The van der Waals surface area contributed by atoms with Crippen LogP contribution in [0, 0.1) is 0 Å². The maximum absolute atomic E-state index is 12.7. The van der Waals surface area contributed by atoms with Gasteiger partial charge in [0.15, 0.2) is 0 Å². The number of esters is 1. The standard InChI is InChI=1S/C23H26N2O4/c1-2-29-23(28)19-13-6-7-14-20(19)25-22(27)17-10-8-9-16(15-17)21(26)24-18-11-4-3-5-12-18/h6-10,13-15,18H,2-5,11-12H2,1H3,(H,24,26)(H,25,27). The quantitative estimate of drug-likeness (QED) is 0.720. The lowest BCUT2D eigenvalue weighted by Gasteiger charge is -2.22. The highest BCUT2D eigenvalue weighted by Crippen LogP contribution is 2.19. The van der Waals surface area contributed by atoms with Crippen LogP contribution in [0.4, 0.5) is 5.69 Å². The molecule has 6 nitrogen and oxygen atoms in total. The van der Waals surface area contributed by atoms with Crippen molar-refractivity contribution in [3.63, 3.8) is 0 Å². The van der Waals surface area contributed by atoms with Crippen LogP contribution in [0.3, 0.4) is 0 Å². The van der Waals surface area contributed by atoms with Gasteiger partial charge in [-0.15, -0.1) is 0 Å². The maximum Gasteiger partial charge on any atom is 0.340 e. The molecule has 1 fully saturated rings. The Morgan fingerprint density at radius 1 is 0.931 bits per heavy atom. The van der Waals surface area contributed by atoms with Crippen molar-refractivity contribution < 1.29 is 19.1 Å². The number of anilines is 1. The van der Waals surface area contributed by atoms with Crippen LogP contribution in [0.2, 0.25) is 0 Å². The minimum Gasteiger partial charge on any atom is -0.462 e. The third-order valence-corrected chi connectivity index (χ3v) is 5.00. The number of carbonyl (C=O) groups excluding carboxylic acids is 3. The summed E-state index contributed by atoms with van der Waals surface area (Å²) in [6.07, 6.45) is 5.48. The van der Waals surface area contributed by atoms with Gasteiger partial charge in [0.05, 0.1) is 17.9 Å². The summed E-state index contributed by atoms with van der Waals surface area (Å²) in [6, 6.07) is 13.5. The molecule has 2 aromatic rings. The molecule has 29 heavy (non-hydrogen) atoms. The van der Waals surface area contributed by atoms with Crippen LogP contribution in [0.1, 0.15) is 70.1 Å². The van der Waals surface area contributed by atoms with E-state index < -0.39 is 11.9 Å². The van der Waals surface area contributed by atoms with Gasteiger partial charge in [-0.25, -0.2) is 4.79 Å². The van der Waals surface area contributed by atoms with Crippen molar-refractivity contribution >= 4 is 23.5 Å². The Hall–Kier alpha value is -3.15. The minimum atomic E-state index is -0.496. The molecule has 0 atom stereocenters. The molecule has 152 valence electrons. The summed E-state index contributed by atoms with van der Waals surface area (Å²) in [6.45, 7) is 1.97. The number of amides is 2. The molecular weight excluding hydrogens is 368 g/mol. The van der Waals surface area contributed by atoms with Gasteiger partial charge in [0.1, 0.15) is 0 Å². The minimum absolute atomic E-state index is 0.168. The fourth-order valence-corrected chi connectivity index (χ4v) is 3.49. The van der Waals surface area contributed by atoms with E-state index in [1.54, 1.807) is 55.5 Å². The number of nitrogens with one attached hydrogen (secondary N) is 2. The van der Waals surface area contributed by atoms with Crippen LogP contribution in [-0.2, 0) is 4.74 Å². The third-order valence-electron chi connectivity index (χ3n) is 5.00. The summed E-state index contributed by atoms with van der Waals surface area (Å²) in [5.74, 6) is -1.06. The Kier molecular flexibility index (Phi) is 7.00. The number of benzene rings is 2. The van der Waals surface area contributed by atoms with Crippen molar-refractivity contribution in [3.05, 3.63) is 65.2 Å². The second-order valence-electron chi connectivity index (χ2n) is 7.11. The van der Waals surface area contributed by atoms with Gasteiger partial charge in [-0.1, -0.05) is 37.5 Å². The van der Waals surface area contributed by atoms with Crippen LogP contribution in [0.15, 0.2) is 48.5 Å². The number of ether oxygens (including phenoxy) is 1. The molecule has 2 amide bonds. The van der Waals surface area contributed by atoms with Gasteiger partial charge in [0.25, 0.3) is 11.8 Å². The first-order chi connectivity index (χ1) is 14.1. The van der Waals surface area contributed by atoms with Gasteiger partial charge in [-0.05, 0) is 50.1 Å². The Bertz CT molecular complexity index is 888. The van der Waals surface area contributed by atoms with Crippen molar-refractivity contribution in [1.82, 2.24) is 5.32 Å². The van der Waals surface area contributed by atoms with Gasteiger partial charge in [0.2, 0.25) is 0 Å². The number of rotatable bonds is 6. The molecule has 1 saturated carbocycles. The smallest absolute Gasteiger partial charge is 0.340 e. The summed E-state index contributed by atoms with van der Waals surface area (Å²) < 4.78 is 5.04. The first-order valence-electron chi connectivity index (χ1n) is 10.1. The maximum atomic E-state index is 12.7. The van der Waals surface area contributed by atoms with Gasteiger partial charge >= 0.3 is 5.97 Å². The molecule has 0 spiro atoms. The molecule has 6 heteroatoms. The highest BCUT2D eigenvalue weighted by Gasteiger charge is 2.18. The predicted octanol–water partition coefficient (Wildman–Crippen LogP) is 4.18. The lowest BCUT2D eigenvalue weighted by Crippen LogP contribution is -2.36. The molecular formula is C23H26N2O4. The van der Waals surface area contributed by atoms with E-state index in [1.807, 2.05) is 0 Å². The monoisotopic (exact) mass is 394 g/mol. The van der Waals surface area contributed by atoms with Crippen molar-refractivity contribution in [1.29, 1.82) is 0 Å². The first-order valence-corrected chi connectivity index (χ1v) is 10.1. The zero-order valence-corrected chi connectivity index (χ0v) is 16.6. The van der Waals surface area contributed by atoms with Crippen molar-refractivity contribution in [2.75, 3.05) is 11.9 Å². The molecule has 0 radical (unpaired) electrons. The summed E-state index contributed by atoms with van der Waals surface area (Å²) in [4.78, 5) is 37.4. The Morgan fingerprint density at radius 3 is 2.34 bits per heavy atom. The van der Waals surface area contributed by atoms with E-state index in [9.17, 15) is 14.4 Å². The van der Waals surface area contributed by atoms with Crippen molar-refractivity contribution in [2.24, 2.45) is 0 Å². The summed E-state index contributed by atoms with van der Waals surface area (Å²) in [7, 11) is 0. The fraction of sp³-hybridized carbons (Fsp3) is 0.348. The molecule has 1 aliphatic rings. The second-order valence-corrected chi connectivity index (χ2v) is 7.11. The van der Waals surface area contributed by atoms with Crippen LogP contribution in [0.25, 0.3) is 0 Å². The topological polar surface area (TPSA) is 84.5 Å². The lowest BCUT2D eigenvalue weighted by atomic mass is 9.95. The average molecular weight is 394 g/mol. The molecule has 0 heterocycles. The number of hydrogen-bond donors (Lipinski definition) is 2. The molecule has 0 aliphatic heterocycles. The average Bonchev–Trinajstić information content (AvgIpc) is 2.75. The highest BCUT2D eigenvalue weighted by molar-refractivity contribution is 6.09. The van der Waals surface area contributed by atoms with Crippen LogP contribution >= 0.6 is 0 Å². The molecule has 3 rings (SSSR count). The van der Waals surface area contributed by atoms with Gasteiger partial charge < -0.3 is 15.4 Å². The lowest BCUT2D eigenvalue weighted by molar-refractivity contribution is 0.0527. The van der Waals surface area contributed by atoms with Gasteiger partial charge in [-0.3, -0.25) is 9.59 Å². The SMILES string of the molecule is CCOC(=O)c1ccccc1NC(=O)c1cccc(C(=O)NC2CCCCC2)c1. The molecule has 0 saturated heterocycles. The van der Waals surface area contributed by atoms with E-state index in [-0.39, 0.29) is 24.1 Å². The van der Waals surface area contributed by atoms with Gasteiger partial charge in [-0.2, -0.15) is 0 Å². The molecule has 2 aromatic carbocycles. The fourth-order valence-electron chi connectivity index (χ4n) is 3.49. The molecule has 1 aliphatic carbocycles. The van der Waals surface area contributed by atoms with Gasteiger partial charge in [0, 0.05) is 17.2 Å². The summed E-state index contributed by atoms with van der Waals surface area (Å²) in [5.41, 5.74) is 1.45. The summed E-state index contributed by atoms with van der Waals surface area (Å²) in [5, 5.41) is 5.80. The van der Waals surface area contributed by atoms with E-state index in [4.69, 9.17) is 4.74 Å². The number of hydrogen-bond acceptors (Lipinski definition) is 4. The molecule has 0 aromatic heterocycles. The normalized spacial score (nSPS) is 14.1. The first kappa shape index (κ1) is 20.6. The van der Waals surface area contributed by atoms with E-state index in [2.05, 4.69) is 10.6 Å². The Labute approximate surface area is 170 Å². The molecule has 2 N–H and O–H groups in total. The zero-order valence-electron chi connectivity index (χ0n) is 16.6. The van der Waals surface area contributed by atoms with E-state index in [0.717, 1.165) is 25.7 Å². The summed E-state index contributed by atoms with van der Waals surface area (Å²) >= 11 is 0. The largest absolute Gasteiger partial charge is 0.462 e. The highest BCUT2D eigenvalue weighted by atomic mass is 16.5. The van der Waals surface area contributed by atoms with E-state index >= 15 is 0 Å². The van der Waals surface area contributed by atoms with Crippen molar-refractivity contribution in [3.8, 4) is 0 Å². The van der Waals surface area contributed by atoms with Crippen LogP contribution < -0.4 is 10.6 Å². The Balaban J connectivity index is 1.71. The van der Waals surface area contributed by atoms with E-state index in [1.165, 1.54) is 6.42 Å². The Morgan fingerprint density at radius 2 is 1.62 bits per heavy atom. The third kappa shape index (κ3) is 5.44. The van der Waals surface area contributed by atoms with E-state index in [0.29, 0.717) is 16.8 Å². The number of para-hydroxylation sites is 1. The van der Waals surface area contributed by atoms with Crippen LogP contribution in [0.5, 0.6) is 0 Å². The van der Waals surface area contributed by atoms with Crippen molar-refractivity contribution in [2.45, 2.75) is 45.1 Å². The second kappa shape index (κ2) is 9.87. The molecule has 0 unspecified atom stereocenters. The zero-order chi connectivity index (χ0) is 20.6. The predicted molar refractivity (Wildman–Crippen MR) is 111 cm³/mol. The van der Waals surface area contributed by atoms with Crippen LogP contribution in [-0.4, -0.2) is 30.4 Å².